The van der Waals surface area contributed by atoms with Crippen LogP contribution in [-0.2, 0) is 3.80 Å². The number of rotatable bonds is 3. The molecule has 0 amide bonds. The van der Waals surface area contributed by atoms with E-state index >= 15 is 0 Å². The van der Waals surface area contributed by atoms with Crippen LogP contribution in [0, 0.1) is 0 Å². The second kappa shape index (κ2) is 11.4. The van der Waals surface area contributed by atoms with Gasteiger partial charge in [-0.2, -0.15) is 0 Å². The van der Waals surface area contributed by atoms with Crippen LogP contribution in [-0.4, -0.2) is 25.0 Å². The molecule has 9 heavy (non-hydrogen) atoms. The molecule has 3 heteroatoms. The van der Waals surface area contributed by atoms with Gasteiger partial charge >= 0.3 is 20.0 Å². The summed E-state index contributed by atoms with van der Waals surface area (Å²) in [6.45, 7) is 6.92. The van der Waals surface area contributed by atoms with Crippen LogP contribution >= 0.6 is 0 Å². The van der Waals surface area contributed by atoms with Crippen molar-refractivity contribution in [1.29, 1.82) is 0 Å². The van der Waals surface area contributed by atoms with E-state index in [1.54, 1.807) is 0 Å². The third-order valence-electron chi connectivity index (χ3n) is 1.50. The molecular formula is C6H15AlOSi. The van der Waals surface area contributed by atoms with Crippen molar-refractivity contribution < 1.29 is 3.80 Å². The van der Waals surface area contributed by atoms with E-state index in [1.807, 2.05) is 0 Å². The van der Waals surface area contributed by atoms with Gasteiger partial charge in [-0.15, -0.1) is 0 Å². The van der Waals surface area contributed by atoms with E-state index in [0.29, 0.717) is 0 Å². The average molecular weight is 158 g/mol. The summed E-state index contributed by atoms with van der Waals surface area (Å²) in [6, 6.07) is 4.37. The van der Waals surface area contributed by atoms with E-state index in [0.717, 1.165) is 0 Å². The zero-order chi connectivity index (χ0) is 7.70. The molecule has 2 radical (unpaired) electrons. The predicted molar refractivity (Wildman–Crippen MR) is 43.6 cm³/mol. The fourth-order valence-electron chi connectivity index (χ4n) is 0.750. The van der Waals surface area contributed by atoms with Crippen molar-refractivity contribution in [2.24, 2.45) is 0 Å². The molecule has 0 atom stereocenters. The van der Waals surface area contributed by atoms with E-state index in [9.17, 15) is 0 Å². The third-order valence-corrected chi connectivity index (χ3v) is 4.50. The van der Waals surface area contributed by atoms with Gasteiger partial charge in [0.1, 0.15) is 0 Å². The van der Waals surface area contributed by atoms with Crippen molar-refractivity contribution in [1.82, 2.24) is 0 Å². The van der Waals surface area contributed by atoms with Crippen LogP contribution in [0.5, 0.6) is 0 Å². The maximum absolute atomic E-state index is 8.17. The van der Waals surface area contributed by atoms with Crippen LogP contribution in [0.3, 0.4) is 0 Å². The summed E-state index contributed by atoms with van der Waals surface area (Å²) in [4.78, 5) is 0. The Balaban J connectivity index is 0. The van der Waals surface area contributed by atoms with Gasteiger partial charge in [0.2, 0.25) is 0 Å². The molecule has 0 aromatic carbocycles. The van der Waals surface area contributed by atoms with Gasteiger partial charge in [-0.25, -0.2) is 0 Å². The Morgan fingerprint density at radius 3 is 1.22 bits per heavy atom. The number of hydrogen-bond acceptors (Lipinski definition) is 1. The molecule has 0 aliphatic rings. The fraction of sp³-hybridized carbons (Fsp3) is 1.00. The first-order valence-electron chi connectivity index (χ1n) is 3.42. The Labute approximate surface area is 68.1 Å². The molecule has 0 N–H and O–H groups in total. The van der Waals surface area contributed by atoms with Gasteiger partial charge in [0.05, 0.1) is 0 Å². The first-order valence-corrected chi connectivity index (χ1v) is 6.01. The summed E-state index contributed by atoms with van der Waals surface area (Å²) in [5.74, 6) is 0. The zero-order valence-electron chi connectivity index (χ0n) is 6.61. The molecule has 52 valence electrons. The van der Waals surface area contributed by atoms with E-state index in [1.165, 1.54) is 34.4 Å². The Morgan fingerprint density at radius 1 is 1.00 bits per heavy atom. The van der Waals surface area contributed by atoms with Crippen molar-refractivity contribution in [2.45, 2.75) is 38.9 Å². The second-order valence-corrected chi connectivity index (χ2v) is 5.43. The van der Waals surface area contributed by atoms with Gasteiger partial charge in [-0.1, -0.05) is 38.9 Å². The Morgan fingerprint density at radius 2 is 1.22 bits per heavy atom. The summed E-state index contributed by atoms with van der Waals surface area (Å²) < 4.78 is 8.17. The SMILES string of the molecule is CC[Si](CC)CC.[O]=[Al]. The Kier molecular flexibility index (Phi) is 15.5. The van der Waals surface area contributed by atoms with Crippen molar-refractivity contribution in [3.63, 3.8) is 0 Å². The van der Waals surface area contributed by atoms with Crippen molar-refractivity contribution in [3.05, 3.63) is 0 Å². The van der Waals surface area contributed by atoms with Gasteiger partial charge in [-0.3, -0.25) is 0 Å². The topological polar surface area (TPSA) is 17.1 Å². The maximum atomic E-state index is 8.17. The van der Waals surface area contributed by atoms with Gasteiger partial charge < -0.3 is 0 Å². The van der Waals surface area contributed by atoms with Crippen LogP contribution in [0.2, 0.25) is 18.1 Å². The van der Waals surface area contributed by atoms with Crippen molar-refractivity contribution in [2.75, 3.05) is 0 Å². The summed E-state index contributed by atoms with van der Waals surface area (Å²) in [5, 5.41) is 0. The molecule has 0 unspecified atom stereocenters. The predicted octanol–water partition coefficient (Wildman–Crippen LogP) is 2.04. The van der Waals surface area contributed by atoms with Gasteiger partial charge in [0.15, 0.2) is 0 Å². The van der Waals surface area contributed by atoms with E-state index in [2.05, 4.69) is 20.8 Å². The zero-order valence-corrected chi connectivity index (χ0v) is 8.76. The molecule has 0 bridgehead atoms. The molecule has 0 saturated carbocycles. The molecule has 0 fully saturated rings. The summed E-state index contributed by atoms with van der Waals surface area (Å²) in [7, 11) is 0.137. The molecule has 0 rings (SSSR count). The molecule has 0 spiro atoms. The van der Waals surface area contributed by atoms with Crippen LogP contribution in [0.4, 0.5) is 0 Å². The molecule has 1 nitrogen and oxygen atoms in total. The molecular weight excluding hydrogens is 143 g/mol. The second-order valence-electron chi connectivity index (χ2n) is 1.81. The van der Waals surface area contributed by atoms with Gasteiger partial charge in [-0.05, 0) is 0 Å². The van der Waals surface area contributed by atoms with E-state index in [4.69, 9.17) is 3.80 Å². The third kappa shape index (κ3) is 8.55. The fourth-order valence-corrected chi connectivity index (χ4v) is 2.25. The minimum absolute atomic E-state index is 0.137. The summed E-state index contributed by atoms with van der Waals surface area (Å²) in [5.41, 5.74) is 0. The standard InChI is InChI=1S/C6H15Si.Al.O/c1-4-7(5-2)6-3;;/h4-6H2,1-3H3;;. The molecule has 0 saturated heterocycles. The Hall–Kier alpha value is 0.549. The average Bonchev–Trinajstić information content (AvgIpc) is 1.96. The van der Waals surface area contributed by atoms with E-state index in [-0.39, 0.29) is 8.80 Å². The van der Waals surface area contributed by atoms with E-state index < -0.39 is 0 Å². The van der Waals surface area contributed by atoms with Crippen LogP contribution in [0.1, 0.15) is 20.8 Å². The first kappa shape index (κ1) is 12.2. The number of hydrogen-bond donors (Lipinski definition) is 0. The molecule has 0 aromatic rings. The normalized spacial score (nSPS) is 8.33. The molecule has 0 aliphatic heterocycles. The monoisotopic (exact) mass is 158 g/mol. The van der Waals surface area contributed by atoms with Gasteiger partial charge in [0.25, 0.3) is 0 Å². The molecule has 0 heterocycles. The summed E-state index contributed by atoms with van der Waals surface area (Å²) in [6.07, 6.45) is 0. The Bertz CT molecular complexity index is 42.8. The minimum atomic E-state index is 0.137. The van der Waals surface area contributed by atoms with Crippen molar-refractivity contribution >= 4 is 25.0 Å². The molecule has 0 aromatic heterocycles. The van der Waals surface area contributed by atoms with Crippen LogP contribution in [0.25, 0.3) is 0 Å². The first-order chi connectivity index (χ1) is 4.35. The summed E-state index contributed by atoms with van der Waals surface area (Å²) >= 11 is 1.17. The van der Waals surface area contributed by atoms with Gasteiger partial charge in [0, 0.05) is 8.80 Å². The van der Waals surface area contributed by atoms with Crippen LogP contribution < -0.4 is 0 Å². The quantitative estimate of drug-likeness (QED) is 0.574. The molecule has 0 aliphatic carbocycles. The van der Waals surface area contributed by atoms with Crippen LogP contribution in [0.15, 0.2) is 0 Å². The van der Waals surface area contributed by atoms with Crippen molar-refractivity contribution in [3.8, 4) is 0 Å².